The number of thiophene rings is 8. The maximum atomic E-state index is 12.3. The van der Waals surface area contributed by atoms with Crippen LogP contribution in [0.3, 0.4) is 0 Å². The van der Waals surface area contributed by atoms with Gasteiger partial charge in [-0.25, -0.2) is 0 Å². The summed E-state index contributed by atoms with van der Waals surface area (Å²) in [4.78, 5) is 46.6. The Labute approximate surface area is 597 Å². The smallest absolute Gasteiger partial charge is 0.160 e. The number of rotatable bonds is 50. The van der Waals surface area contributed by atoms with Gasteiger partial charge in [-0.15, -0.1) is 90.7 Å². The molecule has 0 spiro atoms. The summed E-state index contributed by atoms with van der Waals surface area (Å²) in [7, 11) is -2.18. The zero-order valence-electron chi connectivity index (χ0n) is 58.2. The van der Waals surface area contributed by atoms with Gasteiger partial charge < -0.3 is 0 Å². The van der Waals surface area contributed by atoms with E-state index in [1.54, 1.807) is 53.9 Å². The molecule has 0 amide bonds. The summed E-state index contributed by atoms with van der Waals surface area (Å²) < 4.78 is 0. The molecule has 9 rings (SSSR count). The van der Waals surface area contributed by atoms with Gasteiger partial charge in [0, 0.05) is 68.3 Å². The minimum absolute atomic E-state index is 0.862. The van der Waals surface area contributed by atoms with E-state index in [1.807, 2.05) is 22.7 Å². The molecule has 8 aromatic heterocycles. The Morgan fingerprint density at radius 3 is 0.806 bits per heavy atom. The topological polar surface area (TPSA) is 34.1 Å². The zero-order valence-corrected chi connectivity index (χ0v) is 65.7. The maximum absolute atomic E-state index is 12.3. The van der Waals surface area contributed by atoms with Crippen molar-refractivity contribution < 1.29 is 9.59 Å². The molecule has 2 nitrogen and oxygen atoms in total. The molecule has 0 fully saturated rings. The van der Waals surface area contributed by atoms with Crippen molar-refractivity contribution in [2.75, 3.05) is 0 Å². The largest absolute Gasteiger partial charge is 0.297 e. The van der Waals surface area contributed by atoms with Gasteiger partial charge in [0.15, 0.2) is 12.6 Å². The number of fused-ring (bicyclic) bond motifs is 3. The van der Waals surface area contributed by atoms with Crippen LogP contribution in [-0.2, 0) is 25.7 Å². The van der Waals surface area contributed by atoms with Crippen molar-refractivity contribution in [3.8, 4) is 68.3 Å². The average molecular weight is 1420 g/mol. The molecule has 93 heavy (non-hydrogen) atoms. The number of aldehydes is 2. The fourth-order valence-electron chi connectivity index (χ4n) is 14.5. The van der Waals surface area contributed by atoms with Crippen LogP contribution in [0, 0.1) is 0 Å². The molecule has 1 aliphatic heterocycles. The van der Waals surface area contributed by atoms with Crippen LogP contribution in [0.4, 0.5) is 0 Å². The first-order valence-corrected chi connectivity index (χ1v) is 46.7. The molecule has 1 aliphatic rings. The molecule has 0 bridgehead atoms. The quantitative estimate of drug-likeness (QED) is 0.0216. The molecule has 0 atom stereocenters. The standard InChI is InChI=1S/C82H114O2S8Si/c1-7-13-19-25-31-37-43-61-53-65(59-83)85-77(61)67-47-49-69(87-67)79-63(45-39-33-27-21-15-9-3)55-71(89-79)73-57-75-81(91-73)82-76(93(75,51-41-35-29-23-17-11-5)52-42-36-30-24-18-12-6)58-74(92-82)72-56-64(46-40-34-28-22-16-10-4)80(90-72)70-50-48-68(88-70)78-62(54-66(60-84)86-78)44-38-32-26-20-14-8-2/h47-50,53-60H,7-46,51-52H2,1-6H3. The molecule has 0 unspecified atom stereocenters. The molecule has 0 aromatic carbocycles. The zero-order chi connectivity index (χ0) is 65.0. The van der Waals surface area contributed by atoms with E-state index in [1.165, 1.54) is 313 Å². The van der Waals surface area contributed by atoms with Gasteiger partial charge >= 0.3 is 0 Å². The van der Waals surface area contributed by atoms with Crippen molar-refractivity contribution in [1.82, 2.24) is 0 Å². The minimum atomic E-state index is -2.18. The Bertz CT molecular complexity index is 3220. The van der Waals surface area contributed by atoms with Crippen molar-refractivity contribution in [3.63, 3.8) is 0 Å². The molecule has 8 aromatic rings. The molecule has 506 valence electrons. The van der Waals surface area contributed by atoms with Crippen LogP contribution in [0.25, 0.3) is 68.3 Å². The van der Waals surface area contributed by atoms with Gasteiger partial charge in [0.25, 0.3) is 0 Å². The normalized spacial score (nSPS) is 12.7. The van der Waals surface area contributed by atoms with E-state index >= 15 is 0 Å². The third kappa shape index (κ3) is 20.6. The van der Waals surface area contributed by atoms with Crippen LogP contribution in [0.1, 0.15) is 314 Å². The van der Waals surface area contributed by atoms with E-state index in [0.717, 1.165) is 48.0 Å². The lowest BCUT2D eigenvalue weighted by molar-refractivity contribution is 0.111. The predicted octanol–water partition coefficient (Wildman–Crippen LogP) is 29.7. The highest BCUT2D eigenvalue weighted by Crippen LogP contribution is 2.53. The van der Waals surface area contributed by atoms with Gasteiger partial charge in [-0.1, -0.05) is 247 Å². The first kappa shape index (κ1) is 74.4. The number of aryl methyl sites for hydroxylation is 4. The monoisotopic (exact) mass is 1410 g/mol. The SMILES string of the molecule is CCCCCCCCc1cc(C=O)sc1-c1ccc(-c2sc(-c3cc4c(s3)-c3sc(-c5cc(CCCCCCCC)c(-c6ccc(-c7sc(C=O)cc7CCCCCCCC)s6)s5)cc3[Si]4(CCCCCCCC)CCCCCCCC)cc2CCCCCCCC)s1. The van der Waals surface area contributed by atoms with Crippen LogP contribution in [-0.4, -0.2) is 20.6 Å². The fourth-order valence-corrected chi connectivity index (χ4v) is 31.2. The summed E-state index contributed by atoms with van der Waals surface area (Å²) in [5, 5.41) is 3.57. The Morgan fingerprint density at radius 2 is 0.505 bits per heavy atom. The number of unbranched alkanes of at least 4 members (excludes halogenated alkanes) is 30. The average Bonchev–Trinajstić information content (AvgIpc) is 1.54. The van der Waals surface area contributed by atoms with Crippen molar-refractivity contribution >= 4 is 122 Å². The van der Waals surface area contributed by atoms with Crippen LogP contribution in [0.2, 0.25) is 12.1 Å². The van der Waals surface area contributed by atoms with E-state index in [0.29, 0.717) is 0 Å². The third-order valence-electron chi connectivity index (χ3n) is 19.9. The number of hydrogen-bond donors (Lipinski definition) is 0. The highest BCUT2D eigenvalue weighted by atomic mass is 32.1. The van der Waals surface area contributed by atoms with Gasteiger partial charge in [-0.2, -0.15) is 0 Å². The number of hydrogen-bond acceptors (Lipinski definition) is 10. The number of carbonyl (C=O) groups excluding carboxylic acids is 2. The maximum Gasteiger partial charge on any atom is 0.160 e. The second-order valence-electron chi connectivity index (χ2n) is 27.4. The highest BCUT2D eigenvalue weighted by Gasteiger charge is 2.48. The van der Waals surface area contributed by atoms with Crippen LogP contribution < -0.4 is 10.4 Å². The van der Waals surface area contributed by atoms with Gasteiger partial charge in [0.1, 0.15) is 8.07 Å². The summed E-state index contributed by atoms with van der Waals surface area (Å²) in [6.07, 6.45) is 53.8. The minimum Gasteiger partial charge on any atom is -0.297 e. The lowest BCUT2D eigenvalue weighted by Gasteiger charge is -2.29. The molecule has 0 aliphatic carbocycles. The van der Waals surface area contributed by atoms with E-state index in [-0.39, 0.29) is 0 Å². The third-order valence-corrected chi connectivity index (χ3v) is 35.8. The predicted molar refractivity (Wildman–Crippen MR) is 428 cm³/mol. The fraction of sp³-hybridized carbons (Fsp3) is 0.585. The van der Waals surface area contributed by atoms with Gasteiger partial charge in [-0.3, -0.25) is 9.59 Å². The van der Waals surface area contributed by atoms with Crippen LogP contribution >= 0.6 is 90.7 Å². The van der Waals surface area contributed by atoms with Gasteiger partial charge in [0.2, 0.25) is 0 Å². The Hall–Kier alpha value is -2.84. The first-order valence-electron chi connectivity index (χ1n) is 37.7. The van der Waals surface area contributed by atoms with E-state index < -0.39 is 8.07 Å². The summed E-state index contributed by atoms with van der Waals surface area (Å²) in [6.45, 7) is 14.0. The van der Waals surface area contributed by atoms with Crippen LogP contribution in [0.15, 0.2) is 60.7 Å². The lowest BCUT2D eigenvalue weighted by Crippen LogP contribution is -2.54. The van der Waals surface area contributed by atoms with Crippen molar-refractivity contribution in [3.05, 3.63) is 92.7 Å². The molecule has 11 heteroatoms. The van der Waals surface area contributed by atoms with Crippen molar-refractivity contribution in [2.24, 2.45) is 0 Å². The Balaban J connectivity index is 1.09. The van der Waals surface area contributed by atoms with Gasteiger partial charge in [-0.05, 0) is 157 Å². The Kier molecular flexibility index (Phi) is 32.2. The van der Waals surface area contributed by atoms with E-state index in [2.05, 4.69) is 148 Å². The molecule has 0 N–H and O–H groups in total. The van der Waals surface area contributed by atoms with E-state index in [4.69, 9.17) is 0 Å². The summed E-state index contributed by atoms with van der Waals surface area (Å²) in [5.74, 6) is 0. The first-order chi connectivity index (χ1) is 45.8. The summed E-state index contributed by atoms with van der Waals surface area (Å²) in [6, 6.07) is 27.7. The molecule has 0 saturated heterocycles. The highest BCUT2D eigenvalue weighted by molar-refractivity contribution is 7.35. The summed E-state index contributed by atoms with van der Waals surface area (Å²) in [5.41, 5.74) is 5.82. The van der Waals surface area contributed by atoms with Crippen LogP contribution in [0.5, 0.6) is 0 Å². The van der Waals surface area contributed by atoms with E-state index in [9.17, 15) is 9.59 Å². The Morgan fingerprint density at radius 1 is 0.258 bits per heavy atom. The second-order valence-corrected chi connectivity index (χ2v) is 40.2. The second kappa shape index (κ2) is 40.3. The van der Waals surface area contributed by atoms with Gasteiger partial charge in [0.05, 0.1) is 9.75 Å². The summed E-state index contributed by atoms with van der Waals surface area (Å²) >= 11 is 15.8. The van der Waals surface area contributed by atoms with Crippen molar-refractivity contribution in [2.45, 2.75) is 310 Å². The molecule has 0 radical (unpaired) electrons. The van der Waals surface area contributed by atoms with Crippen molar-refractivity contribution in [1.29, 1.82) is 0 Å². The molecular formula is C82H114O2S8Si. The number of carbonyl (C=O) groups is 2. The molecule has 9 heterocycles. The molecular weight excluding hydrogens is 1300 g/mol. The molecule has 0 saturated carbocycles. The lowest BCUT2D eigenvalue weighted by atomic mass is 10.0.